The predicted molar refractivity (Wildman–Crippen MR) is 137 cm³/mol. The lowest BCUT2D eigenvalue weighted by Crippen LogP contribution is -2.33. The second-order valence-corrected chi connectivity index (χ2v) is 8.71. The number of halogens is 1. The number of phenolic OH excluding ortho intramolecular Hbond substituents is 2. The molecule has 34 heavy (non-hydrogen) atoms. The molecular weight excluding hydrogens is 450 g/mol. The second-order valence-electron chi connectivity index (χ2n) is 8.71. The number of hydrogen-bond acceptors (Lipinski definition) is 5. The van der Waals surface area contributed by atoms with Crippen molar-refractivity contribution in [3.63, 3.8) is 0 Å². The highest BCUT2D eigenvalue weighted by Gasteiger charge is 2.17. The number of furan rings is 1. The summed E-state index contributed by atoms with van der Waals surface area (Å²) in [7, 11) is 0. The summed E-state index contributed by atoms with van der Waals surface area (Å²) >= 11 is 0. The molecule has 0 amide bonds. The molecule has 0 unspecified atom stereocenters. The minimum Gasteiger partial charge on any atom is -0.508 e. The quantitative estimate of drug-likeness (QED) is 0.321. The van der Waals surface area contributed by atoms with E-state index in [1.165, 1.54) is 32.4 Å². The number of likely N-dealkylation sites (tertiary alicyclic amines) is 1. The van der Waals surface area contributed by atoms with E-state index in [9.17, 15) is 10.2 Å². The molecule has 0 saturated carbocycles. The molecule has 178 valence electrons. The van der Waals surface area contributed by atoms with Crippen molar-refractivity contribution in [3.8, 4) is 28.6 Å². The maximum absolute atomic E-state index is 9.90. The fourth-order valence-corrected chi connectivity index (χ4v) is 4.54. The number of aromatic hydroxyl groups is 2. The van der Waals surface area contributed by atoms with Gasteiger partial charge in [0.05, 0.1) is 0 Å². The van der Waals surface area contributed by atoms with Crippen molar-refractivity contribution in [1.29, 1.82) is 0 Å². The molecular formula is C28H30ClNO4. The van der Waals surface area contributed by atoms with E-state index in [1.54, 1.807) is 24.3 Å². The van der Waals surface area contributed by atoms with Crippen LogP contribution >= 0.6 is 12.4 Å². The van der Waals surface area contributed by atoms with Gasteiger partial charge in [0.1, 0.15) is 35.2 Å². The lowest BCUT2D eigenvalue weighted by molar-refractivity contribution is 0.183. The third kappa shape index (κ3) is 5.49. The summed E-state index contributed by atoms with van der Waals surface area (Å²) < 4.78 is 12.1. The molecule has 6 heteroatoms. The molecule has 0 aliphatic carbocycles. The molecule has 3 aromatic carbocycles. The number of hydrogen-bond donors (Lipinski definition) is 2. The minimum atomic E-state index is 0. The number of fused-ring (bicyclic) bond motifs is 1. The summed E-state index contributed by atoms with van der Waals surface area (Å²) in [5, 5.41) is 20.5. The Kier molecular flexibility index (Phi) is 7.66. The van der Waals surface area contributed by atoms with Crippen LogP contribution in [0, 0.1) is 0 Å². The number of phenols is 2. The van der Waals surface area contributed by atoms with E-state index < -0.39 is 0 Å². The van der Waals surface area contributed by atoms with E-state index in [4.69, 9.17) is 9.15 Å². The first-order chi connectivity index (χ1) is 16.2. The summed E-state index contributed by atoms with van der Waals surface area (Å²) in [5.74, 6) is 2.02. The van der Waals surface area contributed by atoms with E-state index in [0.29, 0.717) is 18.6 Å². The van der Waals surface area contributed by atoms with E-state index >= 15 is 0 Å². The Morgan fingerprint density at radius 3 is 2.26 bits per heavy atom. The molecule has 0 spiro atoms. The third-order valence-electron chi connectivity index (χ3n) is 6.34. The summed E-state index contributed by atoms with van der Waals surface area (Å²) in [5.41, 5.74) is 3.73. The van der Waals surface area contributed by atoms with Crippen LogP contribution in [0.25, 0.3) is 22.3 Å². The molecule has 1 fully saturated rings. The number of piperidine rings is 1. The normalized spacial score (nSPS) is 14.1. The summed E-state index contributed by atoms with van der Waals surface area (Å²) in [6, 6.07) is 20.4. The molecule has 1 aliphatic heterocycles. The number of ether oxygens (including phenoxy) is 1. The Hall–Kier alpha value is -3.15. The average molecular weight is 480 g/mol. The Morgan fingerprint density at radius 1 is 0.824 bits per heavy atom. The maximum Gasteiger partial charge on any atom is 0.138 e. The number of nitrogens with zero attached hydrogens (tertiary/aromatic N) is 1. The first-order valence-corrected chi connectivity index (χ1v) is 11.6. The zero-order valence-electron chi connectivity index (χ0n) is 19.1. The molecule has 1 aromatic heterocycles. The van der Waals surface area contributed by atoms with Gasteiger partial charge in [-0.05, 0) is 80.0 Å². The molecule has 1 saturated heterocycles. The topological polar surface area (TPSA) is 66.1 Å². The van der Waals surface area contributed by atoms with Crippen LogP contribution in [-0.4, -0.2) is 41.4 Å². The van der Waals surface area contributed by atoms with Gasteiger partial charge in [-0.1, -0.05) is 18.6 Å². The molecule has 0 radical (unpaired) electrons. The van der Waals surface area contributed by atoms with Crippen molar-refractivity contribution < 1.29 is 19.4 Å². The predicted octanol–water partition coefficient (Wildman–Crippen LogP) is 6.39. The molecule has 5 rings (SSSR count). The molecule has 0 bridgehead atoms. The van der Waals surface area contributed by atoms with Gasteiger partial charge in [-0.2, -0.15) is 0 Å². The minimum absolute atomic E-state index is 0. The summed E-state index contributed by atoms with van der Waals surface area (Å²) in [4.78, 5) is 2.48. The summed E-state index contributed by atoms with van der Waals surface area (Å²) in [6.07, 6.45) is 4.62. The van der Waals surface area contributed by atoms with Gasteiger partial charge in [-0.25, -0.2) is 0 Å². The largest absolute Gasteiger partial charge is 0.508 e. The smallest absolute Gasteiger partial charge is 0.138 e. The molecule has 2 heterocycles. The first kappa shape index (κ1) is 24.0. The first-order valence-electron chi connectivity index (χ1n) is 11.6. The highest BCUT2D eigenvalue weighted by molar-refractivity contribution is 5.89. The van der Waals surface area contributed by atoms with Crippen molar-refractivity contribution in [2.24, 2.45) is 0 Å². The van der Waals surface area contributed by atoms with Crippen LogP contribution in [0.4, 0.5) is 0 Å². The standard InChI is InChI=1S/C28H29NO4.ClH/c30-22-8-6-21(7-9-22)28-26(25-13-10-23(31)19-27(25)33-28)18-20-4-11-24(12-5-20)32-17-16-29-14-2-1-3-15-29;/h4-13,19,30-31H,1-3,14-18H2;1H. The maximum atomic E-state index is 9.90. The molecule has 1 aliphatic rings. The van der Waals surface area contributed by atoms with Crippen LogP contribution < -0.4 is 4.74 Å². The molecule has 4 aromatic rings. The van der Waals surface area contributed by atoms with Crippen molar-refractivity contribution in [2.45, 2.75) is 25.7 Å². The Balaban J connectivity index is 0.00000274. The zero-order valence-corrected chi connectivity index (χ0v) is 19.9. The Labute approximate surface area is 206 Å². The van der Waals surface area contributed by atoms with Crippen molar-refractivity contribution in [3.05, 3.63) is 77.9 Å². The molecule has 0 atom stereocenters. The van der Waals surface area contributed by atoms with Gasteiger partial charge in [0.15, 0.2) is 0 Å². The fourth-order valence-electron chi connectivity index (χ4n) is 4.54. The SMILES string of the molecule is Cl.Oc1ccc(-c2oc3cc(O)ccc3c2Cc2ccc(OCCN3CCCCC3)cc2)cc1. The second kappa shape index (κ2) is 10.9. The Morgan fingerprint density at radius 2 is 1.53 bits per heavy atom. The van der Waals surface area contributed by atoms with Gasteiger partial charge in [0.2, 0.25) is 0 Å². The zero-order chi connectivity index (χ0) is 22.6. The van der Waals surface area contributed by atoms with E-state index in [0.717, 1.165) is 40.1 Å². The van der Waals surface area contributed by atoms with Crippen LogP contribution in [0.3, 0.4) is 0 Å². The monoisotopic (exact) mass is 479 g/mol. The molecule has 2 N–H and O–H groups in total. The van der Waals surface area contributed by atoms with E-state index in [2.05, 4.69) is 17.0 Å². The van der Waals surface area contributed by atoms with Crippen molar-refractivity contribution in [2.75, 3.05) is 26.2 Å². The van der Waals surface area contributed by atoms with Crippen LogP contribution in [0.1, 0.15) is 30.4 Å². The lowest BCUT2D eigenvalue weighted by Gasteiger charge is -2.26. The fraction of sp³-hybridized carbons (Fsp3) is 0.286. The highest BCUT2D eigenvalue weighted by atomic mass is 35.5. The van der Waals surface area contributed by atoms with Crippen LogP contribution in [0.15, 0.2) is 71.1 Å². The van der Waals surface area contributed by atoms with Gasteiger partial charge >= 0.3 is 0 Å². The van der Waals surface area contributed by atoms with E-state index in [-0.39, 0.29) is 23.9 Å². The van der Waals surface area contributed by atoms with Gasteiger partial charge in [-0.3, -0.25) is 4.90 Å². The van der Waals surface area contributed by atoms with Gasteiger partial charge in [-0.15, -0.1) is 12.4 Å². The Bertz CT molecular complexity index is 1210. The lowest BCUT2D eigenvalue weighted by atomic mass is 9.98. The van der Waals surface area contributed by atoms with Gasteiger partial charge < -0.3 is 19.4 Å². The van der Waals surface area contributed by atoms with Gasteiger partial charge in [0.25, 0.3) is 0 Å². The van der Waals surface area contributed by atoms with Crippen molar-refractivity contribution >= 4 is 23.4 Å². The average Bonchev–Trinajstić information content (AvgIpc) is 3.18. The number of benzene rings is 3. The van der Waals surface area contributed by atoms with Crippen LogP contribution in [-0.2, 0) is 6.42 Å². The van der Waals surface area contributed by atoms with Crippen molar-refractivity contribution in [1.82, 2.24) is 4.90 Å². The van der Waals surface area contributed by atoms with E-state index in [1.807, 2.05) is 30.3 Å². The molecule has 5 nitrogen and oxygen atoms in total. The van der Waals surface area contributed by atoms with Gasteiger partial charge in [0, 0.05) is 35.5 Å². The van der Waals surface area contributed by atoms with Crippen LogP contribution in [0.2, 0.25) is 0 Å². The summed E-state index contributed by atoms with van der Waals surface area (Å²) in [6.45, 7) is 4.05. The van der Waals surface area contributed by atoms with Crippen LogP contribution in [0.5, 0.6) is 17.2 Å². The highest BCUT2D eigenvalue weighted by Crippen LogP contribution is 2.37. The number of rotatable bonds is 7. The third-order valence-corrected chi connectivity index (χ3v) is 6.34.